The van der Waals surface area contributed by atoms with E-state index in [1.165, 1.54) is 5.56 Å². The number of nitrogen functional groups attached to an aromatic ring is 1. The average Bonchev–Trinajstić information content (AvgIpc) is 2.65. The monoisotopic (exact) mass is 217 g/mol. The van der Waals surface area contributed by atoms with Crippen LogP contribution in [0, 0.1) is 0 Å². The van der Waals surface area contributed by atoms with Gasteiger partial charge < -0.3 is 5.73 Å². The number of H-pyrrole nitrogens is 1. The van der Waals surface area contributed by atoms with E-state index >= 15 is 0 Å². The number of hydrogen-bond donors (Lipinski definition) is 2. The number of nitrogens with one attached hydrogen (secondary N) is 1. The first-order chi connectivity index (χ1) is 7.74. The van der Waals surface area contributed by atoms with Crippen molar-refractivity contribution in [2.24, 2.45) is 0 Å². The lowest BCUT2D eigenvalue weighted by atomic mass is 10.2. The molecule has 2 heterocycles. The highest BCUT2D eigenvalue weighted by Gasteiger charge is 2.03. The van der Waals surface area contributed by atoms with Crippen molar-refractivity contribution in [2.75, 3.05) is 12.8 Å². The Morgan fingerprint density at radius 3 is 2.69 bits per heavy atom. The van der Waals surface area contributed by atoms with Gasteiger partial charge in [-0.25, -0.2) is 0 Å². The predicted octanol–water partition coefficient (Wildman–Crippen LogP) is 1.02. The summed E-state index contributed by atoms with van der Waals surface area (Å²) in [6.45, 7) is 1.67. The van der Waals surface area contributed by atoms with Gasteiger partial charge in [0.25, 0.3) is 0 Å². The van der Waals surface area contributed by atoms with Crippen molar-refractivity contribution in [2.45, 2.75) is 13.1 Å². The van der Waals surface area contributed by atoms with Gasteiger partial charge in [-0.1, -0.05) is 0 Å². The highest BCUT2D eigenvalue weighted by atomic mass is 15.2. The minimum absolute atomic E-state index is 0.535. The Hall–Kier alpha value is -1.88. The number of nitrogens with zero attached hydrogens (tertiary/aromatic N) is 3. The topological polar surface area (TPSA) is 70.8 Å². The normalized spacial score (nSPS) is 10.9. The minimum Gasteiger partial charge on any atom is -0.382 e. The maximum Gasteiger partial charge on any atom is 0.145 e. The van der Waals surface area contributed by atoms with Crippen molar-refractivity contribution in [1.82, 2.24) is 20.1 Å². The number of anilines is 1. The lowest BCUT2D eigenvalue weighted by Gasteiger charge is -2.15. The zero-order valence-corrected chi connectivity index (χ0v) is 9.22. The first-order valence-corrected chi connectivity index (χ1v) is 5.11. The Labute approximate surface area is 94.3 Å². The van der Waals surface area contributed by atoms with E-state index in [0.29, 0.717) is 5.82 Å². The third-order valence-electron chi connectivity index (χ3n) is 2.29. The molecule has 0 aromatic carbocycles. The van der Waals surface area contributed by atoms with Gasteiger partial charge in [0.15, 0.2) is 0 Å². The highest BCUT2D eigenvalue weighted by molar-refractivity contribution is 5.28. The first kappa shape index (κ1) is 10.6. The molecule has 0 saturated carbocycles. The van der Waals surface area contributed by atoms with E-state index in [1.807, 2.05) is 18.2 Å². The molecule has 5 heteroatoms. The summed E-state index contributed by atoms with van der Waals surface area (Å²) in [7, 11) is 2.05. The van der Waals surface area contributed by atoms with E-state index < -0.39 is 0 Å². The fraction of sp³-hybridized carbons (Fsp3) is 0.273. The van der Waals surface area contributed by atoms with Gasteiger partial charge in [-0.05, 0) is 24.7 Å². The van der Waals surface area contributed by atoms with Crippen LogP contribution in [-0.4, -0.2) is 27.1 Å². The molecule has 3 N–H and O–H groups in total. The number of nitrogens with two attached hydrogens (primary N) is 1. The van der Waals surface area contributed by atoms with Crippen LogP contribution in [0.2, 0.25) is 0 Å². The molecule has 0 unspecified atom stereocenters. The summed E-state index contributed by atoms with van der Waals surface area (Å²) in [6.07, 6.45) is 3.61. The van der Waals surface area contributed by atoms with Crippen molar-refractivity contribution in [3.63, 3.8) is 0 Å². The van der Waals surface area contributed by atoms with Gasteiger partial charge >= 0.3 is 0 Å². The van der Waals surface area contributed by atoms with E-state index in [-0.39, 0.29) is 0 Å². The van der Waals surface area contributed by atoms with Crippen molar-refractivity contribution in [3.05, 3.63) is 41.9 Å². The molecule has 2 aromatic heterocycles. The van der Waals surface area contributed by atoms with Crippen LogP contribution in [0.5, 0.6) is 0 Å². The quantitative estimate of drug-likeness (QED) is 0.802. The molecule has 0 spiro atoms. The number of pyridine rings is 1. The summed E-state index contributed by atoms with van der Waals surface area (Å²) in [5, 5.41) is 6.79. The second-order valence-electron chi connectivity index (χ2n) is 3.85. The molecule has 0 aliphatic heterocycles. The fourth-order valence-electron chi connectivity index (χ4n) is 1.61. The molecule has 0 bridgehead atoms. The van der Waals surface area contributed by atoms with Crippen LogP contribution >= 0.6 is 0 Å². The predicted molar refractivity (Wildman–Crippen MR) is 62.4 cm³/mol. The molecule has 2 aromatic rings. The van der Waals surface area contributed by atoms with E-state index in [4.69, 9.17) is 5.73 Å². The second-order valence-corrected chi connectivity index (χ2v) is 3.85. The summed E-state index contributed by atoms with van der Waals surface area (Å²) < 4.78 is 0. The molecule has 0 aliphatic carbocycles. The SMILES string of the molecule is CN(Cc1ccncc1)Cc1cc(N)n[nH]1. The van der Waals surface area contributed by atoms with Crippen LogP contribution < -0.4 is 5.73 Å². The lowest BCUT2D eigenvalue weighted by Crippen LogP contribution is -2.17. The third kappa shape index (κ3) is 2.80. The van der Waals surface area contributed by atoms with Crippen molar-refractivity contribution >= 4 is 5.82 Å². The number of aromatic nitrogens is 3. The van der Waals surface area contributed by atoms with Crippen LogP contribution in [0.4, 0.5) is 5.82 Å². The molecular formula is C11H15N5. The Morgan fingerprint density at radius 2 is 2.06 bits per heavy atom. The summed E-state index contributed by atoms with van der Waals surface area (Å²) in [6, 6.07) is 5.87. The standard InChI is InChI=1S/C11H15N5/c1-16(7-9-2-4-13-5-3-9)8-10-6-11(12)15-14-10/h2-6H,7-8H2,1H3,(H3,12,14,15). The van der Waals surface area contributed by atoms with E-state index in [9.17, 15) is 0 Å². The summed E-state index contributed by atoms with van der Waals surface area (Å²) >= 11 is 0. The van der Waals surface area contributed by atoms with E-state index in [0.717, 1.165) is 18.8 Å². The first-order valence-electron chi connectivity index (χ1n) is 5.11. The number of hydrogen-bond acceptors (Lipinski definition) is 4. The van der Waals surface area contributed by atoms with Crippen LogP contribution in [0.15, 0.2) is 30.6 Å². The van der Waals surface area contributed by atoms with Crippen molar-refractivity contribution in [1.29, 1.82) is 0 Å². The van der Waals surface area contributed by atoms with Gasteiger partial charge in [0, 0.05) is 31.5 Å². The highest BCUT2D eigenvalue weighted by Crippen LogP contribution is 2.07. The summed E-state index contributed by atoms with van der Waals surface area (Å²) in [5.41, 5.74) is 7.80. The Morgan fingerprint density at radius 1 is 1.31 bits per heavy atom. The average molecular weight is 217 g/mol. The molecule has 0 aliphatic rings. The summed E-state index contributed by atoms with van der Waals surface area (Å²) in [4.78, 5) is 6.17. The number of aromatic amines is 1. The third-order valence-corrected chi connectivity index (χ3v) is 2.29. The van der Waals surface area contributed by atoms with Crippen molar-refractivity contribution < 1.29 is 0 Å². The smallest absolute Gasteiger partial charge is 0.145 e. The van der Waals surface area contributed by atoms with Gasteiger partial charge in [0.05, 0.1) is 5.69 Å². The van der Waals surface area contributed by atoms with E-state index in [2.05, 4.69) is 27.1 Å². The Balaban J connectivity index is 1.92. The minimum atomic E-state index is 0.535. The molecule has 0 amide bonds. The largest absolute Gasteiger partial charge is 0.382 e. The van der Waals surface area contributed by atoms with Gasteiger partial charge in [-0.3, -0.25) is 15.0 Å². The van der Waals surface area contributed by atoms with Crippen LogP contribution in [0.3, 0.4) is 0 Å². The van der Waals surface area contributed by atoms with Crippen molar-refractivity contribution in [3.8, 4) is 0 Å². The van der Waals surface area contributed by atoms with Gasteiger partial charge in [0.2, 0.25) is 0 Å². The molecule has 0 atom stereocenters. The zero-order chi connectivity index (χ0) is 11.4. The molecule has 5 nitrogen and oxygen atoms in total. The molecule has 0 radical (unpaired) electrons. The van der Waals surface area contributed by atoms with Gasteiger partial charge in [-0.15, -0.1) is 0 Å². The Kier molecular flexibility index (Phi) is 3.16. The molecule has 16 heavy (non-hydrogen) atoms. The maximum absolute atomic E-state index is 5.54. The molecule has 0 saturated heterocycles. The molecule has 2 rings (SSSR count). The molecule has 84 valence electrons. The van der Waals surface area contributed by atoms with Crippen LogP contribution in [0.1, 0.15) is 11.3 Å². The maximum atomic E-state index is 5.54. The van der Waals surface area contributed by atoms with Gasteiger partial charge in [-0.2, -0.15) is 5.10 Å². The molecular weight excluding hydrogens is 202 g/mol. The van der Waals surface area contributed by atoms with Crippen LogP contribution in [-0.2, 0) is 13.1 Å². The summed E-state index contributed by atoms with van der Waals surface area (Å²) in [5.74, 6) is 0.535. The zero-order valence-electron chi connectivity index (χ0n) is 9.22. The van der Waals surface area contributed by atoms with Gasteiger partial charge in [0.1, 0.15) is 5.82 Å². The fourth-order valence-corrected chi connectivity index (χ4v) is 1.61. The Bertz CT molecular complexity index is 437. The lowest BCUT2D eigenvalue weighted by molar-refractivity contribution is 0.315. The second kappa shape index (κ2) is 4.76. The number of rotatable bonds is 4. The van der Waals surface area contributed by atoms with E-state index in [1.54, 1.807) is 12.4 Å². The van der Waals surface area contributed by atoms with Crippen LogP contribution in [0.25, 0.3) is 0 Å². The molecule has 0 fully saturated rings.